The van der Waals surface area contributed by atoms with Crippen molar-refractivity contribution in [1.82, 2.24) is 9.71 Å². The Kier molecular flexibility index (Phi) is 4.79. The summed E-state index contributed by atoms with van der Waals surface area (Å²) in [6.07, 6.45) is 0. The van der Waals surface area contributed by atoms with Gasteiger partial charge >= 0.3 is 5.97 Å². The quantitative estimate of drug-likeness (QED) is 0.797. The van der Waals surface area contributed by atoms with Crippen LogP contribution >= 0.6 is 0 Å². The number of esters is 1. The van der Waals surface area contributed by atoms with E-state index in [2.05, 4.69) is 9.71 Å². The van der Waals surface area contributed by atoms with E-state index in [1.807, 2.05) is 20.8 Å². The molecule has 0 bridgehead atoms. The average molecular weight is 342 g/mol. The number of methoxy groups -OCH3 is 1. The number of nitrogens with one attached hydrogen (secondary N) is 1. The van der Waals surface area contributed by atoms with E-state index in [0.717, 1.165) is 0 Å². The zero-order chi connectivity index (χ0) is 17.4. The Morgan fingerprint density at radius 1 is 1.48 bits per heavy atom. The van der Waals surface area contributed by atoms with Gasteiger partial charge in [-0.1, -0.05) is 0 Å². The lowest BCUT2D eigenvalue weighted by atomic mass is 9.92. The van der Waals surface area contributed by atoms with Gasteiger partial charge < -0.3 is 14.6 Å². The minimum atomic E-state index is -1.39. The van der Waals surface area contributed by atoms with Gasteiger partial charge in [-0.15, -0.1) is 0 Å². The number of ether oxygens (including phenoxy) is 2. The maximum Gasteiger partial charge on any atom is 0.356 e. The molecule has 1 saturated heterocycles. The van der Waals surface area contributed by atoms with Crippen LogP contribution in [0.5, 0.6) is 5.75 Å². The molecule has 1 unspecified atom stereocenters. The summed E-state index contributed by atoms with van der Waals surface area (Å²) in [7, 11) is -0.117. The molecule has 0 aromatic carbocycles. The summed E-state index contributed by atoms with van der Waals surface area (Å²) < 4.78 is 24.9. The molecule has 1 aromatic heterocycles. The number of carbonyl (C=O) groups excluding carboxylic acids is 1. The van der Waals surface area contributed by atoms with Crippen LogP contribution in [-0.4, -0.2) is 45.3 Å². The topological polar surface area (TPSA) is 97.8 Å². The zero-order valence-electron chi connectivity index (χ0n) is 13.9. The second-order valence-corrected chi connectivity index (χ2v) is 8.54. The molecule has 1 atom stereocenters. The smallest absolute Gasteiger partial charge is 0.356 e. The summed E-state index contributed by atoms with van der Waals surface area (Å²) in [6, 6.07) is 1.45. The minimum Gasteiger partial charge on any atom is -0.506 e. The van der Waals surface area contributed by atoms with Gasteiger partial charge in [0.15, 0.2) is 5.69 Å². The Morgan fingerprint density at radius 2 is 2.09 bits per heavy atom. The van der Waals surface area contributed by atoms with Crippen molar-refractivity contribution in [1.29, 1.82) is 0 Å². The molecule has 0 aliphatic carbocycles. The highest BCUT2D eigenvalue weighted by molar-refractivity contribution is 7.84. The molecular formula is C15H22N2O5S. The van der Waals surface area contributed by atoms with Crippen LogP contribution in [0.15, 0.2) is 6.07 Å². The summed E-state index contributed by atoms with van der Waals surface area (Å²) in [6.45, 7) is 7.59. The number of aromatic hydroxyl groups is 1. The van der Waals surface area contributed by atoms with Gasteiger partial charge in [0.1, 0.15) is 17.0 Å². The molecule has 7 nitrogen and oxygen atoms in total. The number of hydrogen-bond donors (Lipinski definition) is 2. The first-order chi connectivity index (χ1) is 10.6. The van der Waals surface area contributed by atoms with E-state index in [0.29, 0.717) is 5.56 Å². The van der Waals surface area contributed by atoms with Crippen LogP contribution in [0.3, 0.4) is 0 Å². The number of aromatic nitrogens is 1. The zero-order valence-corrected chi connectivity index (χ0v) is 14.7. The molecule has 1 aliphatic rings. The Hall–Kier alpha value is -1.51. The summed E-state index contributed by atoms with van der Waals surface area (Å²) in [5.74, 6) is -0.659. The maximum absolute atomic E-state index is 12.4. The van der Waals surface area contributed by atoms with Crippen molar-refractivity contribution in [2.24, 2.45) is 0 Å². The third-order valence-corrected chi connectivity index (χ3v) is 5.25. The Morgan fingerprint density at radius 3 is 2.52 bits per heavy atom. The number of hydrogen-bond acceptors (Lipinski definition) is 6. The SMILES string of the molecule is COC(=O)c1nc(C2(NS(=O)C(C)(C)C)COC2)c(O)cc1C. The molecule has 23 heavy (non-hydrogen) atoms. The first-order valence-corrected chi connectivity index (χ1v) is 8.32. The number of nitrogens with zero attached hydrogens (tertiary/aromatic N) is 1. The Labute approximate surface area is 138 Å². The van der Waals surface area contributed by atoms with Gasteiger partial charge in [0.25, 0.3) is 0 Å². The molecule has 1 aliphatic heterocycles. The molecule has 2 heterocycles. The van der Waals surface area contributed by atoms with Crippen molar-refractivity contribution in [2.75, 3.05) is 20.3 Å². The van der Waals surface area contributed by atoms with Crippen LogP contribution in [0.1, 0.15) is 42.5 Å². The standard InChI is InChI=1S/C15H22N2O5S/c1-9-6-10(18)12(16-11(9)13(19)21-5)15(7-22-8-15)17-23(20)14(2,3)4/h6,17-18H,7-8H2,1-5H3. The van der Waals surface area contributed by atoms with Crippen LogP contribution in [0.4, 0.5) is 0 Å². The van der Waals surface area contributed by atoms with E-state index in [1.54, 1.807) is 6.92 Å². The molecule has 1 fully saturated rings. The number of carbonyl (C=O) groups is 1. The van der Waals surface area contributed by atoms with E-state index in [4.69, 9.17) is 9.47 Å². The highest BCUT2D eigenvalue weighted by Crippen LogP contribution is 2.36. The molecule has 0 radical (unpaired) electrons. The molecular weight excluding hydrogens is 320 g/mol. The van der Waals surface area contributed by atoms with Gasteiger partial charge in [-0.2, -0.15) is 0 Å². The summed E-state index contributed by atoms with van der Waals surface area (Å²) in [5.41, 5.74) is -0.0219. The van der Waals surface area contributed by atoms with Crippen LogP contribution in [-0.2, 0) is 26.0 Å². The molecule has 128 valence electrons. The number of pyridine rings is 1. The maximum atomic E-state index is 12.4. The van der Waals surface area contributed by atoms with E-state index in [9.17, 15) is 14.1 Å². The highest BCUT2D eigenvalue weighted by Gasteiger charge is 2.47. The fraction of sp³-hybridized carbons (Fsp3) is 0.600. The van der Waals surface area contributed by atoms with E-state index >= 15 is 0 Å². The molecule has 0 saturated carbocycles. The van der Waals surface area contributed by atoms with Gasteiger partial charge in [-0.25, -0.2) is 18.7 Å². The molecule has 2 rings (SSSR count). The first kappa shape index (κ1) is 17.8. The predicted octanol–water partition coefficient (Wildman–Crippen LogP) is 1.16. The first-order valence-electron chi connectivity index (χ1n) is 7.17. The molecule has 1 aromatic rings. The van der Waals surface area contributed by atoms with Crippen molar-refractivity contribution in [3.63, 3.8) is 0 Å². The van der Waals surface area contributed by atoms with E-state index in [1.165, 1.54) is 13.2 Å². The summed E-state index contributed by atoms with van der Waals surface area (Å²) >= 11 is 0. The molecule has 8 heteroatoms. The van der Waals surface area contributed by atoms with E-state index < -0.39 is 27.2 Å². The monoisotopic (exact) mass is 342 g/mol. The Balaban J connectivity index is 2.46. The lowest BCUT2D eigenvalue weighted by Crippen LogP contribution is -2.60. The number of aryl methyl sites for hydroxylation is 1. The number of rotatable bonds is 4. The summed E-state index contributed by atoms with van der Waals surface area (Å²) in [5, 5.41) is 10.3. The third kappa shape index (κ3) is 3.39. The van der Waals surface area contributed by atoms with Crippen molar-refractivity contribution in [3.8, 4) is 5.75 Å². The molecule has 0 amide bonds. The van der Waals surface area contributed by atoms with Gasteiger partial charge in [-0.3, -0.25) is 0 Å². The highest BCUT2D eigenvalue weighted by atomic mass is 32.2. The third-order valence-electron chi connectivity index (χ3n) is 3.57. The van der Waals surface area contributed by atoms with Crippen LogP contribution < -0.4 is 4.72 Å². The van der Waals surface area contributed by atoms with Crippen LogP contribution in [0.2, 0.25) is 0 Å². The van der Waals surface area contributed by atoms with Gasteiger partial charge in [0.05, 0.1) is 36.1 Å². The average Bonchev–Trinajstić information content (AvgIpc) is 2.41. The van der Waals surface area contributed by atoms with Crippen molar-refractivity contribution in [3.05, 3.63) is 23.0 Å². The molecule has 2 N–H and O–H groups in total. The second kappa shape index (κ2) is 6.18. The molecule has 0 spiro atoms. The lowest BCUT2D eigenvalue weighted by molar-refractivity contribution is -0.0691. The lowest BCUT2D eigenvalue weighted by Gasteiger charge is -2.42. The Bertz CT molecular complexity index is 650. The fourth-order valence-electron chi connectivity index (χ4n) is 2.14. The van der Waals surface area contributed by atoms with E-state index in [-0.39, 0.29) is 30.4 Å². The largest absolute Gasteiger partial charge is 0.506 e. The van der Waals surface area contributed by atoms with Crippen molar-refractivity contribution in [2.45, 2.75) is 38.0 Å². The summed E-state index contributed by atoms with van der Waals surface area (Å²) in [4.78, 5) is 16.1. The van der Waals surface area contributed by atoms with Gasteiger partial charge in [0.2, 0.25) is 0 Å². The second-order valence-electron chi connectivity index (χ2n) is 6.57. The van der Waals surface area contributed by atoms with Crippen LogP contribution in [0.25, 0.3) is 0 Å². The van der Waals surface area contributed by atoms with Gasteiger partial charge in [0, 0.05) is 0 Å². The van der Waals surface area contributed by atoms with Gasteiger partial charge in [-0.05, 0) is 39.3 Å². The van der Waals surface area contributed by atoms with Crippen molar-refractivity contribution < 1.29 is 23.6 Å². The minimum absolute atomic E-state index is 0.0723. The fourth-order valence-corrected chi connectivity index (χ4v) is 3.01. The normalized spacial score (nSPS) is 18.1. The predicted molar refractivity (Wildman–Crippen MR) is 85.5 cm³/mol. The van der Waals surface area contributed by atoms with Crippen molar-refractivity contribution >= 4 is 17.0 Å². The van der Waals surface area contributed by atoms with Crippen LogP contribution in [0, 0.1) is 6.92 Å².